The van der Waals surface area contributed by atoms with Crippen LogP contribution in [0.4, 0.5) is 13.2 Å². The van der Waals surface area contributed by atoms with Crippen LogP contribution < -0.4 is 14.8 Å². The van der Waals surface area contributed by atoms with E-state index in [0.717, 1.165) is 0 Å². The summed E-state index contributed by atoms with van der Waals surface area (Å²) in [6.07, 6.45) is -5.26. The Bertz CT molecular complexity index is 1090. The highest BCUT2D eigenvalue weighted by Crippen LogP contribution is 2.35. The molecule has 12 heteroatoms. The monoisotopic (exact) mass is 493 g/mol. The molecule has 0 radical (unpaired) electrons. The molecule has 1 atom stereocenters. The van der Waals surface area contributed by atoms with Crippen LogP contribution in [-0.4, -0.2) is 68.5 Å². The fourth-order valence-corrected chi connectivity index (χ4v) is 3.47. The molecule has 0 saturated heterocycles. The molecule has 4 rings (SSSR count). The Balaban J connectivity index is 1.70. The van der Waals surface area contributed by atoms with Gasteiger partial charge in [0.15, 0.2) is 23.4 Å². The molecule has 2 aliphatic rings. The molecule has 0 aromatic heterocycles. The molecule has 0 fully saturated rings. The number of nitrogens with one attached hydrogen (secondary N) is 1. The van der Waals surface area contributed by atoms with Crippen molar-refractivity contribution in [2.24, 2.45) is 5.10 Å². The van der Waals surface area contributed by atoms with Gasteiger partial charge in [0.05, 0.1) is 26.4 Å². The minimum Gasteiger partial charge on any atom is -0.487 e. The third kappa shape index (κ3) is 5.89. The van der Waals surface area contributed by atoms with Crippen LogP contribution in [0.1, 0.15) is 17.2 Å². The van der Waals surface area contributed by atoms with Gasteiger partial charge in [-0.05, 0) is 17.7 Å². The van der Waals surface area contributed by atoms with Crippen molar-refractivity contribution in [3.63, 3.8) is 0 Å². The number of carbonyl (C=O) groups is 2. The largest absolute Gasteiger partial charge is 0.487 e. The van der Waals surface area contributed by atoms with Gasteiger partial charge in [-0.15, -0.1) is 0 Å². The van der Waals surface area contributed by atoms with E-state index in [1.807, 2.05) is 0 Å². The summed E-state index contributed by atoms with van der Waals surface area (Å²) >= 11 is 0. The van der Waals surface area contributed by atoms with Crippen molar-refractivity contribution in [2.75, 3.05) is 39.6 Å². The maximum Gasteiger partial charge on any atom is 0.473 e. The number of fused-ring (bicyclic) bond motifs is 1. The first-order valence-corrected chi connectivity index (χ1v) is 10.7. The molecule has 0 saturated carbocycles. The maximum absolute atomic E-state index is 13.4. The summed E-state index contributed by atoms with van der Waals surface area (Å²) in [6, 6.07) is 10.6. The normalized spacial score (nSPS) is 19.6. The van der Waals surface area contributed by atoms with Crippen molar-refractivity contribution in [1.29, 1.82) is 0 Å². The lowest BCUT2D eigenvalue weighted by atomic mass is 10.0. The molecular weight excluding hydrogens is 471 g/mol. The fourth-order valence-electron chi connectivity index (χ4n) is 3.47. The number of hydrogen-bond acceptors (Lipinski definition) is 7. The lowest BCUT2D eigenvalue weighted by molar-refractivity contribution is -0.189. The number of halogens is 3. The van der Waals surface area contributed by atoms with Gasteiger partial charge in [-0.3, -0.25) is 9.59 Å². The maximum atomic E-state index is 13.4. The zero-order valence-electron chi connectivity index (χ0n) is 18.4. The number of rotatable bonds is 2. The van der Waals surface area contributed by atoms with E-state index in [2.05, 4.69) is 10.4 Å². The third-order valence-corrected chi connectivity index (χ3v) is 5.07. The third-order valence-electron chi connectivity index (χ3n) is 5.07. The van der Waals surface area contributed by atoms with Crippen LogP contribution in [0.25, 0.3) is 0 Å². The summed E-state index contributed by atoms with van der Waals surface area (Å²) in [6.45, 7) is 1.62. The number of carbonyl (C=O) groups excluding carboxylic acids is 2. The zero-order chi connectivity index (χ0) is 24.8. The van der Waals surface area contributed by atoms with Crippen LogP contribution in [0.2, 0.25) is 0 Å². The second-order valence-electron chi connectivity index (χ2n) is 7.48. The van der Waals surface area contributed by atoms with Crippen molar-refractivity contribution < 1.29 is 41.7 Å². The Morgan fingerprint density at radius 3 is 2.20 bits per heavy atom. The smallest absolute Gasteiger partial charge is 0.473 e. The highest BCUT2D eigenvalue weighted by Gasteiger charge is 2.49. The van der Waals surface area contributed by atoms with Gasteiger partial charge in [-0.2, -0.15) is 18.3 Å². The molecule has 35 heavy (non-hydrogen) atoms. The minimum atomic E-state index is -5.26. The Morgan fingerprint density at radius 1 is 0.914 bits per heavy atom. The van der Waals surface area contributed by atoms with Crippen molar-refractivity contribution >= 4 is 17.6 Å². The van der Waals surface area contributed by atoms with E-state index < -0.39 is 24.0 Å². The molecule has 0 aliphatic carbocycles. The molecule has 2 heterocycles. The summed E-state index contributed by atoms with van der Waals surface area (Å²) in [5.74, 6) is -2.83. The molecule has 1 N–H and O–H groups in total. The van der Waals surface area contributed by atoms with Crippen LogP contribution in [0.5, 0.6) is 11.5 Å². The first kappa shape index (κ1) is 24.5. The molecule has 1 unspecified atom stereocenters. The van der Waals surface area contributed by atoms with E-state index in [-0.39, 0.29) is 42.0 Å². The lowest BCUT2D eigenvalue weighted by Crippen LogP contribution is -2.52. The molecular formula is C23H22F3N3O6. The highest BCUT2D eigenvalue weighted by atomic mass is 19.4. The number of nitrogens with zero attached hydrogens (tertiary/aromatic N) is 2. The van der Waals surface area contributed by atoms with Crippen molar-refractivity contribution in [3.05, 3.63) is 59.7 Å². The average molecular weight is 493 g/mol. The first-order valence-electron chi connectivity index (χ1n) is 10.7. The van der Waals surface area contributed by atoms with Gasteiger partial charge in [0, 0.05) is 5.56 Å². The fraction of sp³-hybridized carbons (Fsp3) is 0.348. The van der Waals surface area contributed by atoms with Crippen molar-refractivity contribution in [1.82, 2.24) is 10.3 Å². The van der Waals surface area contributed by atoms with Gasteiger partial charge in [0.1, 0.15) is 13.2 Å². The molecule has 186 valence electrons. The van der Waals surface area contributed by atoms with Gasteiger partial charge < -0.3 is 24.3 Å². The second kappa shape index (κ2) is 10.7. The van der Waals surface area contributed by atoms with Crippen LogP contribution in [0, 0.1) is 0 Å². The molecule has 2 aromatic rings. The Kier molecular flexibility index (Phi) is 7.51. The van der Waals surface area contributed by atoms with Crippen LogP contribution in [0.3, 0.4) is 0 Å². The van der Waals surface area contributed by atoms with Crippen LogP contribution >= 0.6 is 0 Å². The van der Waals surface area contributed by atoms with Gasteiger partial charge in [0.2, 0.25) is 0 Å². The Labute approximate surface area is 198 Å². The predicted octanol–water partition coefficient (Wildman–Crippen LogP) is 2.41. The number of ether oxygens (including phenoxy) is 4. The Hall–Kier alpha value is -3.64. The summed E-state index contributed by atoms with van der Waals surface area (Å²) < 4.78 is 62.4. The Morgan fingerprint density at radius 2 is 1.54 bits per heavy atom. The van der Waals surface area contributed by atoms with Gasteiger partial charge in [-0.25, -0.2) is 5.01 Å². The molecule has 2 aromatic carbocycles. The van der Waals surface area contributed by atoms with Crippen molar-refractivity contribution in [3.8, 4) is 11.5 Å². The standard InChI is InChI=1S/C23H22F3N3O6/c24-23(25,26)22(31)29-19(21(30)27-20(28-29)15-4-2-1-3-5-15)16-6-7-17-18(14-16)35-13-11-33-9-8-32-10-12-34-17/h1-7,14,19H,8-13H2,(H,27,28,30). The summed E-state index contributed by atoms with van der Waals surface area (Å²) in [7, 11) is 0. The summed E-state index contributed by atoms with van der Waals surface area (Å²) in [5, 5.41) is 6.51. The molecule has 2 aliphatic heterocycles. The molecule has 0 bridgehead atoms. The zero-order valence-corrected chi connectivity index (χ0v) is 18.4. The topological polar surface area (TPSA) is 98.7 Å². The van der Waals surface area contributed by atoms with E-state index in [1.165, 1.54) is 18.2 Å². The number of benzene rings is 2. The molecule has 9 nitrogen and oxygen atoms in total. The lowest BCUT2D eigenvalue weighted by Gasteiger charge is -2.32. The summed E-state index contributed by atoms with van der Waals surface area (Å²) in [4.78, 5) is 25.3. The van der Waals surface area contributed by atoms with Crippen molar-refractivity contribution in [2.45, 2.75) is 12.2 Å². The number of alkyl halides is 3. The average Bonchev–Trinajstić information content (AvgIpc) is 2.83. The number of amidine groups is 1. The number of amides is 2. The van der Waals surface area contributed by atoms with E-state index in [9.17, 15) is 22.8 Å². The number of hydrogen-bond donors (Lipinski definition) is 1. The quantitative estimate of drug-likeness (QED) is 0.690. The van der Waals surface area contributed by atoms with Crippen LogP contribution in [0.15, 0.2) is 53.6 Å². The van der Waals surface area contributed by atoms with E-state index in [4.69, 9.17) is 18.9 Å². The van der Waals surface area contributed by atoms with E-state index >= 15 is 0 Å². The van der Waals surface area contributed by atoms with E-state index in [1.54, 1.807) is 30.3 Å². The molecule has 0 spiro atoms. The first-order chi connectivity index (χ1) is 16.8. The summed E-state index contributed by atoms with van der Waals surface area (Å²) in [5.41, 5.74) is 0.401. The number of hydrazone groups is 1. The SMILES string of the molecule is O=C1NC(c2ccccc2)=NN(C(=O)C(F)(F)F)C1c1ccc2c(c1)OCCOCCOCCO2. The second-order valence-corrected chi connectivity index (χ2v) is 7.48. The highest BCUT2D eigenvalue weighted by molar-refractivity contribution is 6.12. The van der Waals surface area contributed by atoms with Gasteiger partial charge in [-0.1, -0.05) is 36.4 Å². The van der Waals surface area contributed by atoms with Gasteiger partial charge >= 0.3 is 12.1 Å². The predicted molar refractivity (Wildman–Crippen MR) is 116 cm³/mol. The van der Waals surface area contributed by atoms with Gasteiger partial charge in [0.25, 0.3) is 5.91 Å². The van der Waals surface area contributed by atoms with Crippen LogP contribution in [-0.2, 0) is 19.1 Å². The molecule has 2 amide bonds. The van der Waals surface area contributed by atoms with E-state index in [0.29, 0.717) is 31.1 Å². The minimum absolute atomic E-state index is 0.0579.